The summed E-state index contributed by atoms with van der Waals surface area (Å²) in [6, 6.07) is 0. The van der Waals surface area contributed by atoms with Crippen molar-refractivity contribution >= 4 is 26.8 Å². The first-order chi connectivity index (χ1) is 19.2. The zero-order valence-electron chi connectivity index (χ0n) is 26.1. The van der Waals surface area contributed by atoms with Crippen molar-refractivity contribution in [2.75, 3.05) is 19.8 Å². The van der Waals surface area contributed by atoms with Crippen LogP contribution in [0.3, 0.4) is 0 Å². The predicted octanol–water partition coefficient (Wildman–Crippen LogP) is 6.98. The molecule has 0 radical (unpaired) electrons. The van der Waals surface area contributed by atoms with Crippen molar-refractivity contribution in [2.24, 2.45) is 17.6 Å². The van der Waals surface area contributed by atoms with Crippen LogP contribution in [-0.4, -0.2) is 56.2 Å². The number of hydrogen-bond acceptors (Lipinski definition) is 8. The monoisotopic (exact) mass is 635 g/mol. The molecule has 0 rings (SSSR count). The predicted molar refractivity (Wildman–Crippen MR) is 164 cm³/mol. The third-order valence-electron chi connectivity index (χ3n) is 6.60. The fraction of sp³-hybridized carbons (Fsp3) is 0.964. The lowest BCUT2D eigenvalue weighted by atomic mass is 10.0. The van der Waals surface area contributed by atoms with E-state index in [-0.39, 0.29) is 18.5 Å². The van der Waals surface area contributed by atoms with Crippen molar-refractivity contribution in [1.29, 1.82) is 0 Å². The highest BCUT2D eigenvalue weighted by Gasteiger charge is 2.11. The van der Waals surface area contributed by atoms with E-state index >= 15 is 0 Å². The van der Waals surface area contributed by atoms with Crippen LogP contribution in [0.2, 0.25) is 0 Å². The van der Waals surface area contributed by atoms with Gasteiger partial charge in [0.05, 0.1) is 13.2 Å². The molecule has 0 bridgehead atoms. The average Bonchev–Trinajstić information content (AvgIpc) is 2.89. The molecule has 0 aromatic heterocycles. The van der Waals surface area contributed by atoms with E-state index in [0.717, 1.165) is 51.5 Å². The number of rotatable bonds is 24. The summed E-state index contributed by atoms with van der Waals surface area (Å²) in [7, 11) is -8.92. The van der Waals surface area contributed by atoms with Crippen LogP contribution >= 0.6 is 0 Å². The van der Waals surface area contributed by atoms with Crippen LogP contribution in [0.15, 0.2) is 0 Å². The Bertz CT molecular complexity index is 769. The summed E-state index contributed by atoms with van der Waals surface area (Å²) in [5, 5.41) is 0. The summed E-state index contributed by atoms with van der Waals surface area (Å²) >= 11 is 0. The number of ether oxygens (including phenoxy) is 1. The lowest BCUT2D eigenvalue weighted by molar-refractivity contribution is -0.145. The van der Waals surface area contributed by atoms with Gasteiger partial charge in [0.25, 0.3) is 0 Å². The van der Waals surface area contributed by atoms with E-state index in [0.29, 0.717) is 18.9 Å². The minimum absolute atomic E-state index is 0.00160. The Balaban J connectivity index is -0.000000670. The summed E-state index contributed by atoms with van der Waals surface area (Å²) in [4.78, 5) is 11.7. The molecule has 13 heteroatoms. The van der Waals surface area contributed by atoms with Gasteiger partial charge in [-0.3, -0.25) is 18.5 Å². The fourth-order valence-electron chi connectivity index (χ4n) is 3.91. The van der Waals surface area contributed by atoms with Gasteiger partial charge in [-0.1, -0.05) is 111 Å². The highest BCUT2D eigenvalue weighted by atomic mass is 32.3. The summed E-state index contributed by atoms with van der Waals surface area (Å²) in [5.74, 6) is 0.779. The topological polar surface area (TPSA) is 191 Å². The quantitative estimate of drug-likeness (QED) is 0.0486. The van der Waals surface area contributed by atoms with E-state index in [4.69, 9.17) is 32.5 Å². The minimum atomic E-state index is -4.67. The molecule has 0 aliphatic rings. The molecule has 0 spiro atoms. The molecule has 0 fully saturated rings. The first-order valence-electron chi connectivity index (χ1n) is 15.4. The normalized spacial score (nSPS) is 12.9. The van der Waals surface area contributed by atoms with Gasteiger partial charge < -0.3 is 10.5 Å². The second-order valence-corrected chi connectivity index (χ2v) is 12.4. The van der Waals surface area contributed by atoms with Crippen LogP contribution in [0.5, 0.6) is 0 Å². The molecular formula is C28H61NO10S2. The van der Waals surface area contributed by atoms with Crippen LogP contribution in [0.1, 0.15) is 143 Å². The van der Waals surface area contributed by atoms with E-state index in [9.17, 15) is 13.2 Å². The van der Waals surface area contributed by atoms with Gasteiger partial charge in [-0.15, -0.1) is 0 Å². The summed E-state index contributed by atoms with van der Waals surface area (Å²) in [6.07, 6.45) is 20.4. The van der Waals surface area contributed by atoms with E-state index in [1.165, 1.54) is 64.2 Å². The minimum Gasteiger partial charge on any atom is -0.465 e. The zero-order valence-corrected chi connectivity index (χ0v) is 27.7. The van der Waals surface area contributed by atoms with Gasteiger partial charge in [-0.05, 0) is 44.1 Å². The second kappa shape index (κ2) is 30.6. The van der Waals surface area contributed by atoms with Crippen molar-refractivity contribution in [3.63, 3.8) is 0 Å². The van der Waals surface area contributed by atoms with E-state index in [2.05, 4.69) is 25.0 Å². The summed E-state index contributed by atoms with van der Waals surface area (Å²) in [5.41, 5.74) is 5.48. The largest absolute Gasteiger partial charge is 0.465 e. The van der Waals surface area contributed by atoms with Gasteiger partial charge >= 0.3 is 26.8 Å². The van der Waals surface area contributed by atoms with Gasteiger partial charge in [-0.25, -0.2) is 4.18 Å². The molecule has 0 aliphatic heterocycles. The van der Waals surface area contributed by atoms with E-state index in [1.807, 2.05) is 6.92 Å². The number of carbonyl (C=O) groups excluding carboxylic acids is 1. The number of esters is 1. The molecule has 0 amide bonds. The summed E-state index contributed by atoms with van der Waals surface area (Å²) < 4.78 is 70.2. The maximum absolute atomic E-state index is 11.7. The Labute approximate surface area is 251 Å². The van der Waals surface area contributed by atoms with Crippen LogP contribution < -0.4 is 5.73 Å². The highest BCUT2D eigenvalue weighted by molar-refractivity contribution is 7.80. The van der Waals surface area contributed by atoms with E-state index < -0.39 is 20.8 Å². The molecule has 0 heterocycles. The number of carbonyl (C=O) groups is 1. The maximum Gasteiger partial charge on any atom is 0.397 e. The molecule has 2 atom stereocenters. The third-order valence-corrected chi connectivity index (χ3v) is 7.04. The lowest BCUT2D eigenvalue weighted by Gasteiger charge is -2.14. The second-order valence-electron chi connectivity index (χ2n) is 10.4. The Morgan fingerprint density at radius 1 is 0.659 bits per heavy atom. The molecular weight excluding hydrogens is 574 g/mol. The molecule has 5 N–H and O–H groups in total. The Morgan fingerprint density at radius 2 is 1.05 bits per heavy atom. The van der Waals surface area contributed by atoms with Crippen molar-refractivity contribution in [1.82, 2.24) is 0 Å². The van der Waals surface area contributed by atoms with Gasteiger partial charge in [0.1, 0.15) is 0 Å². The molecule has 41 heavy (non-hydrogen) atoms. The van der Waals surface area contributed by atoms with Crippen LogP contribution in [-0.2, 0) is 34.5 Å². The Kier molecular flexibility index (Phi) is 33.3. The summed E-state index contributed by atoms with van der Waals surface area (Å²) in [6.45, 7) is 9.99. The fourth-order valence-corrected chi connectivity index (χ4v) is 4.28. The van der Waals surface area contributed by atoms with Crippen molar-refractivity contribution in [2.45, 2.75) is 143 Å². The lowest BCUT2D eigenvalue weighted by Crippen LogP contribution is -2.13. The molecule has 0 aromatic carbocycles. The molecule has 11 nitrogen and oxygen atoms in total. The zero-order chi connectivity index (χ0) is 32.0. The van der Waals surface area contributed by atoms with Gasteiger partial charge in [0, 0.05) is 6.42 Å². The number of hydrogen-bond donors (Lipinski definition) is 4. The first-order valence-corrected chi connectivity index (χ1v) is 18.2. The molecule has 2 unspecified atom stereocenters. The Morgan fingerprint density at radius 3 is 1.41 bits per heavy atom. The van der Waals surface area contributed by atoms with Crippen LogP contribution in [0.25, 0.3) is 0 Å². The van der Waals surface area contributed by atoms with Crippen molar-refractivity contribution in [3.8, 4) is 0 Å². The smallest absolute Gasteiger partial charge is 0.397 e. The third kappa shape index (κ3) is 46.3. The first kappa shape index (κ1) is 44.6. The standard InChI is InChI=1S/C20H41NO2.C8H18O4S.H2O4S/c1-3-5-15-19(4-2)18-23-20(22)16-13-11-9-7-6-8-10-12-14-17-21;1-3-5-6-8(4-2)7-12-13(9,10)11;1-5(2,3)4/h19H,3-18,21H2,1-2H3;8H,3-7H2,1-2H3,(H,9,10,11);(H2,1,2,3,4). The number of nitrogens with two attached hydrogens (primary N) is 1. The molecule has 250 valence electrons. The molecule has 0 saturated heterocycles. The molecule has 0 aromatic rings. The molecule has 0 aliphatic carbocycles. The van der Waals surface area contributed by atoms with Crippen LogP contribution in [0, 0.1) is 11.8 Å². The Hall–Kier alpha value is -0.830. The maximum atomic E-state index is 11.7. The van der Waals surface area contributed by atoms with Crippen molar-refractivity contribution < 1.29 is 44.2 Å². The van der Waals surface area contributed by atoms with Crippen molar-refractivity contribution in [3.05, 3.63) is 0 Å². The molecule has 0 saturated carbocycles. The van der Waals surface area contributed by atoms with E-state index in [1.54, 1.807) is 0 Å². The van der Waals surface area contributed by atoms with Gasteiger partial charge in [0.15, 0.2) is 0 Å². The SMILES string of the molecule is CCCCC(CC)COC(=O)CCCCCCCCCCCN.CCCCC(CC)COS(=O)(=O)O.O=S(=O)(O)O. The van der Waals surface area contributed by atoms with Gasteiger partial charge in [-0.2, -0.15) is 16.8 Å². The average molecular weight is 636 g/mol. The number of unbranched alkanes of at least 4 members (excludes halogenated alkanes) is 10. The van der Waals surface area contributed by atoms with Gasteiger partial charge in [0.2, 0.25) is 0 Å². The van der Waals surface area contributed by atoms with Crippen LogP contribution in [0.4, 0.5) is 0 Å². The highest BCUT2D eigenvalue weighted by Crippen LogP contribution is 2.15.